The molecular weight excluding hydrogens is 272 g/mol. The summed E-state index contributed by atoms with van der Waals surface area (Å²) in [6.07, 6.45) is 4.06. The Morgan fingerprint density at radius 1 is 1.30 bits per heavy atom. The lowest BCUT2D eigenvalue weighted by Crippen LogP contribution is -2.55. The van der Waals surface area contributed by atoms with Gasteiger partial charge in [-0.1, -0.05) is 18.0 Å². The molecule has 1 aromatic rings. The molecule has 4 nitrogen and oxygen atoms in total. The number of piperazine rings is 1. The minimum atomic E-state index is 0.711. The predicted molar refractivity (Wildman–Crippen MR) is 83.4 cm³/mol. The molecule has 3 heterocycles. The van der Waals surface area contributed by atoms with Gasteiger partial charge in [-0.15, -0.1) is 0 Å². The highest BCUT2D eigenvalue weighted by Gasteiger charge is 2.29. The molecule has 5 heteroatoms. The zero-order valence-corrected chi connectivity index (χ0v) is 12.9. The highest BCUT2D eigenvalue weighted by atomic mass is 35.5. The van der Waals surface area contributed by atoms with Crippen molar-refractivity contribution in [3.05, 3.63) is 22.8 Å². The van der Waals surface area contributed by atoms with E-state index in [-0.39, 0.29) is 0 Å². The van der Waals surface area contributed by atoms with Gasteiger partial charge in [-0.3, -0.25) is 4.90 Å². The Kier molecular flexibility index (Phi) is 4.44. The molecule has 1 atom stereocenters. The van der Waals surface area contributed by atoms with Gasteiger partial charge in [0.15, 0.2) is 0 Å². The second kappa shape index (κ2) is 6.29. The number of hydrogen-bond acceptors (Lipinski definition) is 4. The van der Waals surface area contributed by atoms with Crippen LogP contribution in [-0.2, 0) is 6.54 Å². The number of nitrogens with one attached hydrogen (secondary N) is 1. The van der Waals surface area contributed by atoms with Gasteiger partial charge in [0.2, 0.25) is 0 Å². The zero-order chi connectivity index (χ0) is 13.9. The van der Waals surface area contributed by atoms with E-state index in [1.807, 2.05) is 13.1 Å². The monoisotopic (exact) mass is 294 g/mol. The predicted octanol–water partition coefficient (Wildman–Crippen LogP) is 2.13. The summed E-state index contributed by atoms with van der Waals surface area (Å²) < 4.78 is 0. The lowest BCUT2D eigenvalue weighted by Gasteiger charge is -2.44. The van der Waals surface area contributed by atoms with Crippen LogP contribution in [0.4, 0.5) is 5.82 Å². The number of halogens is 1. The molecule has 0 aliphatic carbocycles. The van der Waals surface area contributed by atoms with Crippen molar-refractivity contribution in [2.75, 3.05) is 38.1 Å². The van der Waals surface area contributed by atoms with Crippen LogP contribution in [0.1, 0.15) is 25.0 Å². The Balaban J connectivity index is 1.74. The minimum absolute atomic E-state index is 0.711. The molecule has 1 aromatic heterocycles. The summed E-state index contributed by atoms with van der Waals surface area (Å²) in [5.74, 6) is 1.07. The van der Waals surface area contributed by atoms with Gasteiger partial charge in [-0.25, -0.2) is 4.98 Å². The standard InChI is InChI=1S/C15H23ClN4/c1-17-10-14-13(16)5-6-15(18-14)20-9-8-19-7-3-2-4-12(19)11-20/h5-6,12,17H,2-4,7-11H2,1H3. The average molecular weight is 295 g/mol. The lowest BCUT2D eigenvalue weighted by atomic mass is 9.99. The first kappa shape index (κ1) is 14.1. The summed E-state index contributed by atoms with van der Waals surface area (Å²) in [6.45, 7) is 5.34. The first-order chi connectivity index (χ1) is 9.78. The SMILES string of the molecule is CNCc1nc(N2CCN3CCCCC3C2)ccc1Cl. The summed E-state index contributed by atoms with van der Waals surface area (Å²) in [6, 6.07) is 4.74. The molecule has 0 saturated carbocycles. The molecule has 2 saturated heterocycles. The molecule has 1 N–H and O–H groups in total. The Morgan fingerprint density at radius 3 is 3.05 bits per heavy atom. The number of fused-ring (bicyclic) bond motifs is 1. The van der Waals surface area contributed by atoms with E-state index in [1.54, 1.807) is 0 Å². The van der Waals surface area contributed by atoms with E-state index in [0.29, 0.717) is 6.04 Å². The van der Waals surface area contributed by atoms with Crippen LogP contribution in [0, 0.1) is 0 Å². The van der Waals surface area contributed by atoms with Crippen LogP contribution in [0.25, 0.3) is 0 Å². The maximum absolute atomic E-state index is 6.20. The highest BCUT2D eigenvalue weighted by Crippen LogP contribution is 2.25. The van der Waals surface area contributed by atoms with Crippen molar-refractivity contribution in [3.63, 3.8) is 0 Å². The summed E-state index contributed by atoms with van der Waals surface area (Å²) in [4.78, 5) is 9.80. The molecule has 0 bridgehead atoms. The molecule has 110 valence electrons. The smallest absolute Gasteiger partial charge is 0.129 e. The fourth-order valence-electron chi connectivity index (χ4n) is 3.30. The largest absolute Gasteiger partial charge is 0.354 e. The first-order valence-corrected chi connectivity index (χ1v) is 7.95. The van der Waals surface area contributed by atoms with Gasteiger partial charge < -0.3 is 10.2 Å². The van der Waals surface area contributed by atoms with Crippen molar-refractivity contribution in [2.24, 2.45) is 0 Å². The molecule has 0 aromatic carbocycles. The van der Waals surface area contributed by atoms with E-state index in [4.69, 9.17) is 16.6 Å². The number of pyridine rings is 1. The van der Waals surface area contributed by atoms with E-state index < -0.39 is 0 Å². The molecular formula is C15H23ClN4. The molecule has 2 fully saturated rings. The Labute approximate surface area is 126 Å². The van der Waals surface area contributed by atoms with Crippen LogP contribution in [0.5, 0.6) is 0 Å². The molecule has 3 rings (SSSR count). The van der Waals surface area contributed by atoms with E-state index >= 15 is 0 Å². The van der Waals surface area contributed by atoms with Crippen LogP contribution in [-0.4, -0.2) is 49.2 Å². The molecule has 0 amide bonds. The first-order valence-electron chi connectivity index (χ1n) is 7.57. The third-order valence-corrected chi connectivity index (χ3v) is 4.75. The van der Waals surface area contributed by atoms with Crippen LogP contribution >= 0.6 is 11.6 Å². The van der Waals surface area contributed by atoms with Gasteiger partial charge >= 0.3 is 0 Å². The molecule has 0 spiro atoms. The fraction of sp³-hybridized carbons (Fsp3) is 0.667. The molecule has 0 radical (unpaired) electrons. The highest BCUT2D eigenvalue weighted by molar-refractivity contribution is 6.31. The third-order valence-electron chi connectivity index (χ3n) is 4.41. The van der Waals surface area contributed by atoms with Gasteiger partial charge in [-0.2, -0.15) is 0 Å². The Morgan fingerprint density at radius 2 is 2.20 bits per heavy atom. The quantitative estimate of drug-likeness (QED) is 0.925. The molecule has 2 aliphatic heterocycles. The summed E-state index contributed by atoms with van der Waals surface area (Å²) in [5.41, 5.74) is 0.942. The van der Waals surface area contributed by atoms with Gasteiger partial charge in [-0.05, 0) is 38.6 Å². The average Bonchev–Trinajstić information content (AvgIpc) is 2.49. The van der Waals surface area contributed by atoms with Crippen molar-refractivity contribution in [3.8, 4) is 0 Å². The Hall–Kier alpha value is -0.840. The summed E-state index contributed by atoms with van der Waals surface area (Å²) >= 11 is 6.20. The van der Waals surface area contributed by atoms with Crippen molar-refractivity contribution in [2.45, 2.75) is 31.8 Å². The van der Waals surface area contributed by atoms with Crippen LogP contribution in [0.15, 0.2) is 12.1 Å². The van der Waals surface area contributed by atoms with Gasteiger partial charge in [0, 0.05) is 32.2 Å². The van der Waals surface area contributed by atoms with Crippen LogP contribution in [0.2, 0.25) is 5.02 Å². The normalized spacial score (nSPS) is 23.7. The summed E-state index contributed by atoms with van der Waals surface area (Å²) in [7, 11) is 1.92. The van der Waals surface area contributed by atoms with Gasteiger partial charge in [0.1, 0.15) is 5.82 Å². The second-order valence-electron chi connectivity index (χ2n) is 5.76. The van der Waals surface area contributed by atoms with Crippen LogP contribution < -0.4 is 10.2 Å². The van der Waals surface area contributed by atoms with Crippen molar-refractivity contribution in [1.82, 2.24) is 15.2 Å². The van der Waals surface area contributed by atoms with E-state index in [0.717, 1.165) is 42.7 Å². The third kappa shape index (κ3) is 2.92. The number of anilines is 1. The number of hydrogen-bond donors (Lipinski definition) is 1. The number of nitrogens with zero attached hydrogens (tertiary/aromatic N) is 3. The number of rotatable bonds is 3. The van der Waals surface area contributed by atoms with Gasteiger partial charge in [0.05, 0.1) is 10.7 Å². The maximum Gasteiger partial charge on any atom is 0.129 e. The lowest BCUT2D eigenvalue weighted by molar-refractivity contribution is 0.133. The van der Waals surface area contributed by atoms with Crippen molar-refractivity contribution >= 4 is 17.4 Å². The number of aromatic nitrogens is 1. The summed E-state index contributed by atoms with van der Waals surface area (Å²) in [5, 5.41) is 3.88. The van der Waals surface area contributed by atoms with E-state index in [9.17, 15) is 0 Å². The number of piperidine rings is 1. The van der Waals surface area contributed by atoms with E-state index in [2.05, 4.69) is 21.2 Å². The van der Waals surface area contributed by atoms with E-state index in [1.165, 1.54) is 25.8 Å². The second-order valence-corrected chi connectivity index (χ2v) is 6.17. The van der Waals surface area contributed by atoms with Crippen molar-refractivity contribution in [1.29, 1.82) is 0 Å². The molecule has 1 unspecified atom stereocenters. The van der Waals surface area contributed by atoms with Crippen LogP contribution in [0.3, 0.4) is 0 Å². The topological polar surface area (TPSA) is 31.4 Å². The van der Waals surface area contributed by atoms with Crippen molar-refractivity contribution < 1.29 is 0 Å². The van der Waals surface area contributed by atoms with Gasteiger partial charge in [0.25, 0.3) is 0 Å². The minimum Gasteiger partial charge on any atom is -0.354 e. The molecule has 20 heavy (non-hydrogen) atoms. The molecule has 2 aliphatic rings. The Bertz CT molecular complexity index is 465. The fourth-order valence-corrected chi connectivity index (χ4v) is 3.48. The zero-order valence-electron chi connectivity index (χ0n) is 12.1. The maximum atomic E-state index is 6.20.